The summed E-state index contributed by atoms with van der Waals surface area (Å²) in [6, 6.07) is 15.7. The standard InChI is InChI=1S/C22H27N3O2/c1-17-15-19(22(27)25-13-5-6-14-25)9-10-20(17)24-16-21(26)23-12-11-18-7-3-2-4-8-18/h2-4,7-10,15,24H,5-6,11-14,16H2,1H3,(H,23,26). The van der Waals surface area contributed by atoms with Crippen LogP contribution in [0.5, 0.6) is 0 Å². The molecule has 5 nitrogen and oxygen atoms in total. The van der Waals surface area contributed by atoms with Crippen molar-refractivity contribution < 1.29 is 9.59 Å². The van der Waals surface area contributed by atoms with Crippen LogP contribution in [0.4, 0.5) is 5.69 Å². The van der Waals surface area contributed by atoms with Crippen LogP contribution in [0.2, 0.25) is 0 Å². The van der Waals surface area contributed by atoms with E-state index in [1.165, 1.54) is 5.56 Å². The molecule has 1 saturated heterocycles. The van der Waals surface area contributed by atoms with Crippen LogP contribution in [0.15, 0.2) is 48.5 Å². The van der Waals surface area contributed by atoms with Gasteiger partial charge in [-0.1, -0.05) is 30.3 Å². The predicted molar refractivity (Wildman–Crippen MR) is 108 cm³/mol. The molecule has 0 saturated carbocycles. The topological polar surface area (TPSA) is 61.4 Å². The van der Waals surface area contributed by atoms with Gasteiger partial charge in [0.15, 0.2) is 0 Å². The molecule has 27 heavy (non-hydrogen) atoms. The second-order valence-corrected chi connectivity index (χ2v) is 6.97. The third-order valence-electron chi connectivity index (χ3n) is 4.88. The Morgan fingerprint density at radius 3 is 2.48 bits per heavy atom. The maximum Gasteiger partial charge on any atom is 0.253 e. The molecule has 3 rings (SSSR count). The molecule has 2 amide bonds. The molecule has 142 valence electrons. The third-order valence-corrected chi connectivity index (χ3v) is 4.88. The highest BCUT2D eigenvalue weighted by molar-refractivity contribution is 5.95. The zero-order valence-corrected chi connectivity index (χ0v) is 15.8. The number of hydrogen-bond donors (Lipinski definition) is 2. The molecule has 1 aliphatic rings. The predicted octanol–water partition coefficient (Wildman–Crippen LogP) is 3.00. The summed E-state index contributed by atoms with van der Waals surface area (Å²) in [4.78, 5) is 26.4. The van der Waals surface area contributed by atoms with Crippen molar-refractivity contribution in [1.29, 1.82) is 0 Å². The lowest BCUT2D eigenvalue weighted by molar-refractivity contribution is -0.119. The van der Waals surface area contributed by atoms with Crippen molar-refractivity contribution in [2.24, 2.45) is 0 Å². The monoisotopic (exact) mass is 365 g/mol. The number of carbonyl (C=O) groups is 2. The summed E-state index contributed by atoms with van der Waals surface area (Å²) in [7, 11) is 0. The number of aryl methyl sites for hydroxylation is 1. The van der Waals surface area contributed by atoms with Crippen molar-refractivity contribution in [3.8, 4) is 0 Å². The Morgan fingerprint density at radius 1 is 1.04 bits per heavy atom. The van der Waals surface area contributed by atoms with E-state index in [1.807, 2.05) is 48.2 Å². The fourth-order valence-electron chi connectivity index (χ4n) is 3.33. The van der Waals surface area contributed by atoms with Gasteiger partial charge < -0.3 is 15.5 Å². The van der Waals surface area contributed by atoms with Gasteiger partial charge in [0.25, 0.3) is 5.91 Å². The van der Waals surface area contributed by atoms with E-state index in [2.05, 4.69) is 22.8 Å². The Kier molecular flexibility index (Phi) is 6.47. The number of carbonyl (C=O) groups excluding carboxylic acids is 2. The molecule has 0 radical (unpaired) electrons. The number of nitrogens with one attached hydrogen (secondary N) is 2. The van der Waals surface area contributed by atoms with Gasteiger partial charge in [-0.25, -0.2) is 0 Å². The molecule has 0 atom stereocenters. The number of nitrogens with zero attached hydrogens (tertiary/aromatic N) is 1. The van der Waals surface area contributed by atoms with Crippen LogP contribution in [0.25, 0.3) is 0 Å². The molecule has 1 heterocycles. The average Bonchev–Trinajstić information content (AvgIpc) is 3.22. The highest BCUT2D eigenvalue weighted by Crippen LogP contribution is 2.19. The fourth-order valence-corrected chi connectivity index (χ4v) is 3.33. The Morgan fingerprint density at radius 2 is 1.78 bits per heavy atom. The SMILES string of the molecule is Cc1cc(C(=O)N2CCCC2)ccc1NCC(=O)NCCc1ccccc1. The summed E-state index contributed by atoms with van der Waals surface area (Å²) >= 11 is 0. The van der Waals surface area contributed by atoms with Crippen LogP contribution in [-0.4, -0.2) is 42.9 Å². The van der Waals surface area contributed by atoms with Crippen molar-refractivity contribution in [3.05, 3.63) is 65.2 Å². The zero-order chi connectivity index (χ0) is 19.1. The fraction of sp³-hybridized carbons (Fsp3) is 0.364. The van der Waals surface area contributed by atoms with E-state index in [4.69, 9.17) is 0 Å². The Bertz CT molecular complexity index is 783. The van der Waals surface area contributed by atoms with E-state index in [0.717, 1.165) is 43.6 Å². The summed E-state index contributed by atoms with van der Waals surface area (Å²) in [6.07, 6.45) is 2.99. The quantitative estimate of drug-likeness (QED) is 0.793. The first kappa shape index (κ1) is 19.0. The third kappa shape index (κ3) is 5.33. The Labute approximate surface area is 160 Å². The Hall–Kier alpha value is -2.82. The lowest BCUT2D eigenvalue weighted by Gasteiger charge is -2.16. The minimum Gasteiger partial charge on any atom is -0.376 e. The Balaban J connectivity index is 1.46. The normalized spacial score (nSPS) is 13.4. The summed E-state index contributed by atoms with van der Waals surface area (Å²) in [6.45, 7) is 4.49. The number of hydrogen-bond acceptors (Lipinski definition) is 3. The van der Waals surface area contributed by atoms with Gasteiger partial charge in [-0.3, -0.25) is 9.59 Å². The molecule has 2 aromatic carbocycles. The van der Waals surface area contributed by atoms with Gasteiger partial charge in [-0.2, -0.15) is 0 Å². The average molecular weight is 365 g/mol. The van der Waals surface area contributed by atoms with E-state index >= 15 is 0 Å². The molecule has 0 spiro atoms. The second kappa shape index (κ2) is 9.21. The molecule has 5 heteroatoms. The summed E-state index contributed by atoms with van der Waals surface area (Å²) in [5.74, 6) is 0.0587. The highest BCUT2D eigenvalue weighted by atomic mass is 16.2. The lowest BCUT2D eigenvalue weighted by atomic mass is 10.1. The van der Waals surface area contributed by atoms with E-state index < -0.39 is 0 Å². The van der Waals surface area contributed by atoms with Crippen molar-refractivity contribution >= 4 is 17.5 Å². The van der Waals surface area contributed by atoms with Gasteiger partial charge in [-0.05, 0) is 55.5 Å². The lowest BCUT2D eigenvalue weighted by Crippen LogP contribution is -2.31. The van der Waals surface area contributed by atoms with Crippen LogP contribution >= 0.6 is 0 Å². The summed E-state index contributed by atoms with van der Waals surface area (Å²) < 4.78 is 0. The smallest absolute Gasteiger partial charge is 0.253 e. The van der Waals surface area contributed by atoms with Gasteiger partial charge >= 0.3 is 0 Å². The first-order chi connectivity index (χ1) is 13.1. The minimum atomic E-state index is -0.0393. The number of benzene rings is 2. The molecule has 1 fully saturated rings. The van der Waals surface area contributed by atoms with Crippen LogP contribution in [0, 0.1) is 6.92 Å². The molecule has 2 aromatic rings. The molecular formula is C22H27N3O2. The molecule has 0 aromatic heterocycles. The highest BCUT2D eigenvalue weighted by Gasteiger charge is 2.19. The zero-order valence-electron chi connectivity index (χ0n) is 15.8. The number of anilines is 1. The van der Waals surface area contributed by atoms with E-state index in [0.29, 0.717) is 12.1 Å². The first-order valence-electron chi connectivity index (χ1n) is 9.58. The maximum atomic E-state index is 12.5. The van der Waals surface area contributed by atoms with Gasteiger partial charge in [0.2, 0.25) is 5.91 Å². The van der Waals surface area contributed by atoms with Gasteiger partial charge in [0.05, 0.1) is 6.54 Å². The first-order valence-corrected chi connectivity index (χ1v) is 9.58. The molecule has 0 aliphatic carbocycles. The molecule has 0 unspecified atom stereocenters. The number of amides is 2. The number of likely N-dealkylation sites (tertiary alicyclic amines) is 1. The molecular weight excluding hydrogens is 338 g/mol. The minimum absolute atomic E-state index is 0.0393. The van der Waals surface area contributed by atoms with Gasteiger partial charge in [-0.15, -0.1) is 0 Å². The molecule has 1 aliphatic heterocycles. The molecule has 2 N–H and O–H groups in total. The molecule has 0 bridgehead atoms. The van der Waals surface area contributed by atoms with E-state index in [-0.39, 0.29) is 18.4 Å². The second-order valence-electron chi connectivity index (χ2n) is 6.97. The van der Waals surface area contributed by atoms with Crippen LogP contribution < -0.4 is 10.6 Å². The van der Waals surface area contributed by atoms with Crippen molar-refractivity contribution in [3.63, 3.8) is 0 Å². The maximum absolute atomic E-state index is 12.5. The van der Waals surface area contributed by atoms with Crippen LogP contribution in [0.3, 0.4) is 0 Å². The summed E-state index contributed by atoms with van der Waals surface area (Å²) in [5, 5.41) is 6.09. The van der Waals surface area contributed by atoms with Gasteiger partial charge in [0.1, 0.15) is 0 Å². The van der Waals surface area contributed by atoms with Gasteiger partial charge in [0, 0.05) is 30.9 Å². The van der Waals surface area contributed by atoms with Crippen molar-refractivity contribution in [2.45, 2.75) is 26.2 Å². The summed E-state index contributed by atoms with van der Waals surface area (Å²) in [5.41, 5.74) is 3.77. The van der Waals surface area contributed by atoms with Crippen LogP contribution in [0.1, 0.15) is 34.3 Å². The van der Waals surface area contributed by atoms with Crippen LogP contribution in [-0.2, 0) is 11.2 Å². The largest absolute Gasteiger partial charge is 0.376 e. The van der Waals surface area contributed by atoms with E-state index in [1.54, 1.807) is 0 Å². The number of rotatable bonds is 7. The van der Waals surface area contributed by atoms with Crippen molar-refractivity contribution in [1.82, 2.24) is 10.2 Å². The van der Waals surface area contributed by atoms with Crippen molar-refractivity contribution in [2.75, 3.05) is 31.5 Å². The van der Waals surface area contributed by atoms with E-state index in [9.17, 15) is 9.59 Å².